The Bertz CT molecular complexity index is 808. The lowest BCUT2D eigenvalue weighted by atomic mass is 9.49. The molecule has 142 valence electrons. The van der Waals surface area contributed by atoms with E-state index in [1.807, 2.05) is 0 Å². The maximum atomic E-state index is 13.0. The second kappa shape index (κ2) is 6.31. The van der Waals surface area contributed by atoms with Crippen LogP contribution in [0.1, 0.15) is 44.1 Å². The second-order valence-corrected chi connectivity index (χ2v) is 11.8. The van der Waals surface area contributed by atoms with E-state index in [4.69, 9.17) is 5.14 Å². The number of sulfonamides is 1. The maximum absolute atomic E-state index is 13.0. The van der Waals surface area contributed by atoms with Crippen LogP contribution in [0.2, 0.25) is 0 Å². The molecule has 1 amide bonds. The van der Waals surface area contributed by atoms with Gasteiger partial charge in [-0.3, -0.25) is 4.79 Å². The molecule has 4 bridgehead atoms. The molecule has 0 radical (unpaired) electrons. The zero-order valence-corrected chi connectivity index (χ0v) is 17.1. The predicted octanol–water partition coefficient (Wildman–Crippen LogP) is 2.73. The number of carbonyl (C=O) groups excluding carboxylic acids is 1. The molecule has 4 saturated carbocycles. The number of nitrogens with one attached hydrogen (secondary N) is 1. The first-order valence-electron chi connectivity index (χ1n) is 9.27. The highest BCUT2D eigenvalue weighted by atomic mass is 79.9. The van der Waals surface area contributed by atoms with Gasteiger partial charge in [-0.05, 0) is 74.5 Å². The van der Waals surface area contributed by atoms with Gasteiger partial charge in [-0.25, -0.2) is 13.6 Å². The van der Waals surface area contributed by atoms with Gasteiger partial charge in [-0.2, -0.15) is 0 Å². The summed E-state index contributed by atoms with van der Waals surface area (Å²) in [5, 5.41) is 8.26. The van der Waals surface area contributed by atoms with E-state index < -0.39 is 10.0 Å². The molecule has 4 aliphatic carbocycles. The summed E-state index contributed by atoms with van der Waals surface area (Å²) in [7, 11) is -3.66. The van der Waals surface area contributed by atoms with Gasteiger partial charge < -0.3 is 5.32 Å². The zero-order chi connectivity index (χ0) is 18.6. The molecule has 1 aromatic rings. The predicted molar refractivity (Wildman–Crippen MR) is 103 cm³/mol. The summed E-state index contributed by atoms with van der Waals surface area (Å²) in [6.45, 7) is 0.569. The smallest absolute Gasteiger partial charge is 0.238 e. The van der Waals surface area contributed by atoms with E-state index >= 15 is 0 Å². The molecule has 1 aromatic carbocycles. The molecule has 2 atom stereocenters. The number of rotatable bonds is 5. The normalized spacial score (nSPS) is 35.5. The van der Waals surface area contributed by atoms with Crippen LogP contribution in [-0.2, 0) is 21.2 Å². The van der Waals surface area contributed by atoms with E-state index in [0.29, 0.717) is 24.8 Å². The Hall–Kier alpha value is -0.920. The Morgan fingerprint density at radius 1 is 1.15 bits per heavy atom. The van der Waals surface area contributed by atoms with E-state index in [0.717, 1.165) is 24.8 Å². The standard InChI is InChI=1S/C19H25BrN2O3S/c20-19-10-14-7-15(11-19)9-18(8-14,12-19)17(23)22-6-5-13-1-3-16(4-2-13)26(21,24)25/h1-4,14-15H,5-12H2,(H,22,23)(H2,21,24,25)/t14-,15-,18?,19?/m1/s1. The van der Waals surface area contributed by atoms with Gasteiger partial charge in [0.1, 0.15) is 0 Å². The summed E-state index contributed by atoms with van der Waals surface area (Å²) >= 11 is 3.95. The Kier molecular flexibility index (Phi) is 4.48. The van der Waals surface area contributed by atoms with Crippen molar-refractivity contribution in [1.29, 1.82) is 0 Å². The number of halogens is 1. The number of nitrogens with two attached hydrogens (primary N) is 1. The number of hydrogen-bond donors (Lipinski definition) is 2. The lowest BCUT2D eigenvalue weighted by Gasteiger charge is -2.59. The fraction of sp³-hybridized carbons (Fsp3) is 0.632. The van der Waals surface area contributed by atoms with Crippen molar-refractivity contribution in [2.45, 2.75) is 54.2 Å². The van der Waals surface area contributed by atoms with Crippen molar-refractivity contribution in [1.82, 2.24) is 5.32 Å². The third-order valence-electron chi connectivity index (χ3n) is 6.42. The van der Waals surface area contributed by atoms with Gasteiger partial charge in [0.05, 0.1) is 10.3 Å². The summed E-state index contributed by atoms with van der Waals surface area (Å²) in [6.07, 6.45) is 7.43. The van der Waals surface area contributed by atoms with Crippen LogP contribution in [0.4, 0.5) is 0 Å². The molecule has 0 saturated heterocycles. The molecule has 0 heterocycles. The number of carbonyl (C=O) groups is 1. The molecule has 26 heavy (non-hydrogen) atoms. The van der Waals surface area contributed by atoms with Crippen molar-refractivity contribution in [3.63, 3.8) is 0 Å². The molecular formula is C19H25BrN2O3S. The zero-order valence-electron chi connectivity index (χ0n) is 14.7. The molecule has 7 heteroatoms. The highest BCUT2D eigenvalue weighted by Gasteiger charge is 2.59. The molecule has 4 aliphatic rings. The molecule has 0 spiro atoms. The van der Waals surface area contributed by atoms with Crippen LogP contribution in [0.3, 0.4) is 0 Å². The van der Waals surface area contributed by atoms with Gasteiger partial charge in [0.2, 0.25) is 15.9 Å². The van der Waals surface area contributed by atoms with Gasteiger partial charge in [0, 0.05) is 10.9 Å². The first-order valence-corrected chi connectivity index (χ1v) is 11.6. The SMILES string of the molecule is NS(=O)(=O)c1ccc(CCNC(=O)C23C[C@H]4C[C@@H](CC(Br)(C4)C2)C3)cc1. The van der Waals surface area contributed by atoms with E-state index in [1.165, 1.54) is 31.4 Å². The number of hydrogen-bond acceptors (Lipinski definition) is 3. The van der Waals surface area contributed by atoms with E-state index in [-0.39, 0.29) is 20.5 Å². The minimum absolute atomic E-state index is 0.112. The maximum Gasteiger partial charge on any atom is 0.238 e. The Morgan fingerprint density at radius 3 is 2.31 bits per heavy atom. The number of alkyl halides is 1. The summed E-state index contributed by atoms with van der Waals surface area (Å²) < 4.78 is 22.8. The summed E-state index contributed by atoms with van der Waals surface area (Å²) in [6, 6.07) is 6.54. The summed E-state index contributed by atoms with van der Waals surface area (Å²) in [5.74, 6) is 1.58. The molecule has 5 nitrogen and oxygen atoms in total. The van der Waals surface area contributed by atoms with Crippen molar-refractivity contribution >= 4 is 31.9 Å². The lowest BCUT2D eigenvalue weighted by Crippen LogP contribution is -2.58. The largest absolute Gasteiger partial charge is 0.355 e. The first kappa shape index (κ1) is 18.4. The topological polar surface area (TPSA) is 89.3 Å². The van der Waals surface area contributed by atoms with Gasteiger partial charge >= 0.3 is 0 Å². The van der Waals surface area contributed by atoms with Gasteiger partial charge in [0.15, 0.2) is 0 Å². The van der Waals surface area contributed by atoms with Crippen molar-refractivity contribution < 1.29 is 13.2 Å². The third-order valence-corrected chi connectivity index (χ3v) is 8.28. The minimum Gasteiger partial charge on any atom is -0.355 e. The molecule has 3 N–H and O–H groups in total. The average Bonchev–Trinajstić information content (AvgIpc) is 2.52. The van der Waals surface area contributed by atoms with E-state index in [2.05, 4.69) is 21.2 Å². The van der Waals surface area contributed by atoms with Crippen LogP contribution in [0.5, 0.6) is 0 Å². The molecule has 5 rings (SSSR count). The fourth-order valence-corrected chi connectivity index (χ4v) is 7.74. The monoisotopic (exact) mass is 440 g/mol. The second-order valence-electron chi connectivity index (χ2n) is 8.59. The van der Waals surface area contributed by atoms with Crippen molar-refractivity contribution in [2.24, 2.45) is 22.4 Å². The van der Waals surface area contributed by atoms with Crippen LogP contribution in [0, 0.1) is 17.3 Å². The van der Waals surface area contributed by atoms with Crippen LogP contribution < -0.4 is 10.5 Å². The Balaban J connectivity index is 1.36. The van der Waals surface area contributed by atoms with Crippen LogP contribution in [0.15, 0.2) is 29.2 Å². The number of primary sulfonamides is 1. The van der Waals surface area contributed by atoms with Crippen LogP contribution in [0.25, 0.3) is 0 Å². The fourth-order valence-electron chi connectivity index (χ4n) is 5.77. The van der Waals surface area contributed by atoms with Crippen molar-refractivity contribution in [3.8, 4) is 0 Å². The number of amides is 1. The third kappa shape index (κ3) is 3.45. The van der Waals surface area contributed by atoms with Gasteiger partial charge in [-0.15, -0.1) is 0 Å². The van der Waals surface area contributed by atoms with Crippen molar-refractivity contribution in [3.05, 3.63) is 29.8 Å². The first-order chi connectivity index (χ1) is 12.2. The molecule has 0 unspecified atom stereocenters. The average molecular weight is 441 g/mol. The molecule has 0 aromatic heterocycles. The summed E-state index contributed by atoms with van der Waals surface area (Å²) in [4.78, 5) is 13.1. The van der Waals surface area contributed by atoms with Crippen molar-refractivity contribution in [2.75, 3.05) is 6.54 Å². The van der Waals surface area contributed by atoms with E-state index in [1.54, 1.807) is 12.1 Å². The quantitative estimate of drug-likeness (QED) is 0.689. The molecular weight excluding hydrogens is 416 g/mol. The van der Waals surface area contributed by atoms with Crippen LogP contribution in [-0.4, -0.2) is 25.2 Å². The highest BCUT2D eigenvalue weighted by molar-refractivity contribution is 9.10. The lowest BCUT2D eigenvalue weighted by molar-refractivity contribution is -0.143. The summed E-state index contributed by atoms with van der Waals surface area (Å²) in [5.41, 5.74) is 0.797. The van der Waals surface area contributed by atoms with Crippen LogP contribution >= 0.6 is 15.9 Å². The Morgan fingerprint density at radius 2 is 1.77 bits per heavy atom. The van der Waals surface area contributed by atoms with Gasteiger partial charge in [-0.1, -0.05) is 28.1 Å². The number of benzene rings is 1. The highest BCUT2D eigenvalue weighted by Crippen LogP contribution is 2.64. The Labute approximate surface area is 163 Å². The molecule has 4 fully saturated rings. The van der Waals surface area contributed by atoms with E-state index in [9.17, 15) is 13.2 Å². The van der Waals surface area contributed by atoms with Gasteiger partial charge in [0.25, 0.3) is 0 Å². The molecule has 0 aliphatic heterocycles. The minimum atomic E-state index is -3.66.